The van der Waals surface area contributed by atoms with Gasteiger partial charge in [0, 0.05) is 22.9 Å². The Balaban J connectivity index is 1.86. The monoisotopic (exact) mass is 465 g/mol. The fourth-order valence-corrected chi connectivity index (χ4v) is 3.90. The number of aliphatic carboxylic acids is 1. The van der Waals surface area contributed by atoms with Crippen LogP contribution in [-0.4, -0.2) is 29.1 Å². The molecule has 0 aliphatic carbocycles. The van der Waals surface area contributed by atoms with E-state index in [-0.39, 0.29) is 5.92 Å². The number of carbonyl (C=O) groups is 2. The standard InChI is InChI=1S/C27H31NO6/c1-6-15(2)23(26(30)31)28-25(29)18(5)33-22-13-12-20-16(3)21(14-19-10-8-7-9-11-19)27(32)34-24(20)17(22)4/h7-13,15,18,23H,6,14H2,1-5H3,(H,28,29)(H,30,31)/t15-,18+,23+/m0/s1. The molecule has 2 aromatic carbocycles. The molecule has 1 heterocycles. The molecule has 0 radical (unpaired) electrons. The maximum Gasteiger partial charge on any atom is 0.340 e. The van der Waals surface area contributed by atoms with Crippen LogP contribution in [0.2, 0.25) is 0 Å². The summed E-state index contributed by atoms with van der Waals surface area (Å²) < 4.78 is 11.5. The fraction of sp³-hybridized carbons (Fsp3) is 0.370. The molecule has 0 unspecified atom stereocenters. The molecule has 180 valence electrons. The van der Waals surface area contributed by atoms with Crippen LogP contribution in [0.1, 0.15) is 49.4 Å². The molecule has 7 nitrogen and oxygen atoms in total. The van der Waals surface area contributed by atoms with Crippen molar-refractivity contribution in [3.05, 3.63) is 75.1 Å². The van der Waals surface area contributed by atoms with E-state index >= 15 is 0 Å². The van der Waals surface area contributed by atoms with Gasteiger partial charge in [0.2, 0.25) is 0 Å². The van der Waals surface area contributed by atoms with Gasteiger partial charge >= 0.3 is 11.6 Å². The second-order valence-electron chi connectivity index (χ2n) is 8.69. The van der Waals surface area contributed by atoms with Crippen LogP contribution in [0.15, 0.2) is 51.7 Å². The SMILES string of the molecule is CC[C@H](C)[C@@H](NC(=O)[C@@H](C)Oc1ccc2c(C)c(Cc3ccccc3)c(=O)oc2c1C)C(=O)O. The summed E-state index contributed by atoms with van der Waals surface area (Å²) in [4.78, 5) is 36.9. The number of nitrogens with one attached hydrogen (secondary N) is 1. The molecule has 0 aliphatic rings. The van der Waals surface area contributed by atoms with E-state index in [2.05, 4.69) is 5.32 Å². The van der Waals surface area contributed by atoms with E-state index in [1.807, 2.05) is 50.2 Å². The lowest BCUT2D eigenvalue weighted by molar-refractivity contribution is -0.144. The number of hydrogen-bond acceptors (Lipinski definition) is 5. The fourth-order valence-electron chi connectivity index (χ4n) is 3.90. The van der Waals surface area contributed by atoms with Crippen LogP contribution in [0.3, 0.4) is 0 Å². The van der Waals surface area contributed by atoms with Gasteiger partial charge < -0.3 is 19.6 Å². The van der Waals surface area contributed by atoms with Crippen LogP contribution < -0.4 is 15.7 Å². The second kappa shape index (κ2) is 10.5. The average Bonchev–Trinajstić information content (AvgIpc) is 2.82. The summed E-state index contributed by atoms with van der Waals surface area (Å²) in [6.07, 6.45) is 0.147. The molecule has 7 heteroatoms. The summed E-state index contributed by atoms with van der Waals surface area (Å²) in [6, 6.07) is 12.3. The van der Waals surface area contributed by atoms with Crippen LogP contribution in [0.25, 0.3) is 11.0 Å². The van der Waals surface area contributed by atoms with Gasteiger partial charge in [-0.15, -0.1) is 0 Å². The summed E-state index contributed by atoms with van der Waals surface area (Å²) in [6.45, 7) is 8.86. The number of carboxylic acids is 1. The Kier molecular flexibility index (Phi) is 7.76. The highest BCUT2D eigenvalue weighted by Crippen LogP contribution is 2.30. The Morgan fingerprint density at radius 3 is 2.35 bits per heavy atom. The molecule has 0 saturated carbocycles. The topological polar surface area (TPSA) is 106 Å². The van der Waals surface area contributed by atoms with Gasteiger partial charge in [0.05, 0.1) is 0 Å². The van der Waals surface area contributed by atoms with E-state index in [1.165, 1.54) is 0 Å². The molecule has 0 aliphatic heterocycles. The first-order chi connectivity index (χ1) is 16.1. The van der Waals surface area contributed by atoms with Crippen molar-refractivity contribution in [1.82, 2.24) is 5.32 Å². The third kappa shape index (κ3) is 5.30. The molecule has 3 aromatic rings. The number of ether oxygens (including phenoxy) is 1. The molecule has 1 aromatic heterocycles. The summed E-state index contributed by atoms with van der Waals surface area (Å²) >= 11 is 0. The van der Waals surface area contributed by atoms with E-state index in [4.69, 9.17) is 9.15 Å². The number of amides is 1. The lowest BCUT2D eigenvalue weighted by atomic mass is 9.98. The van der Waals surface area contributed by atoms with Gasteiger partial charge in [0.1, 0.15) is 17.4 Å². The molecular weight excluding hydrogens is 434 g/mol. The molecule has 0 fully saturated rings. The first kappa shape index (κ1) is 25.0. The number of fused-ring (bicyclic) bond motifs is 1. The lowest BCUT2D eigenvalue weighted by Gasteiger charge is -2.23. The van der Waals surface area contributed by atoms with Crippen molar-refractivity contribution in [2.24, 2.45) is 5.92 Å². The third-order valence-corrected chi connectivity index (χ3v) is 6.33. The summed E-state index contributed by atoms with van der Waals surface area (Å²) in [5.74, 6) is -1.44. The van der Waals surface area contributed by atoms with Gasteiger partial charge in [-0.25, -0.2) is 9.59 Å². The predicted octanol–water partition coefficient (Wildman–Crippen LogP) is 4.38. The van der Waals surface area contributed by atoms with Gasteiger partial charge in [-0.1, -0.05) is 50.6 Å². The van der Waals surface area contributed by atoms with Crippen molar-refractivity contribution in [1.29, 1.82) is 0 Å². The Labute approximate surface area is 198 Å². The number of carbonyl (C=O) groups excluding carboxylic acids is 1. The van der Waals surface area contributed by atoms with Crippen LogP contribution in [0.4, 0.5) is 0 Å². The summed E-state index contributed by atoms with van der Waals surface area (Å²) in [5, 5.41) is 12.8. The number of carboxylic acid groups (broad SMARTS) is 1. The smallest absolute Gasteiger partial charge is 0.340 e. The van der Waals surface area contributed by atoms with Crippen molar-refractivity contribution in [3.8, 4) is 5.75 Å². The highest BCUT2D eigenvalue weighted by atomic mass is 16.5. The molecule has 1 amide bonds. The molecule has 0 spiro atoms. The highest BCUT2D eigenvalue weighted by Gasteiger charge is 2.28. The van der Waals surface area contributed by atoms with Crippen molar-refractivity contribution >= 4 is 22.8 Å². The average molecular weight is 466 g/mol. The normalized spacial score (nSPS) is 13.8. The first-order valence-electron chi connectivity index (χ1n) is 11.4. The molecule has 2 N–H and O–H groups in total. The van der Waals surface area contributed by atoms with E-state index < -0.39 is 29.6 Å². The third-order valence-electron chi connectivity index (χ3n) is 6.33. The number of benzene rings is 2. The Hall–Kier alpha value is -3.61. The molecule has 34 heavy (non-hydrogen) atoms. The van der Waals surface area contributed by atoms with E-state index in [9.17, 15) is 19.5 Å². The van der Waals surface area contributed by atoms with Crippen molar-refractivity contribution < 1.29 is 23.8 Å². The Morgan fingerprint density at radius 1 is 1.06 bits per heavy atom. The Morgan fingerprint density at radius 2 is 1.74 bits per heavy atom. The summed E-state index contributed by atoms with van der Waals surface area (Å²) in [5.41, 5.74) is 3.06. The van der Waals surface area contributed by atoms with E-state index in [0.717, 1.165) is 16.5 Å². The van der Waals surface area contributed by atoms with Gasteiger partial charge in [-0.3, -0.25) is 4.79 Å². The molecule has 0 saturated heterocycles. The largest absolute Gasteiger partial charge is 0.480 e. The minimum Gasteiger partial charge on any atom is -0.480 e. The minimum atomic E-state index is -1.08. The van der Waals surface area contributed by atoms with Crippen molar-refractivity contribution in [2.75, 3.05) is 0 Å². The zero-order chi connectivity index (χ0) is 25.0. The van der Waals surface area contributed by atoms with Crippen molar-refractivity contribution in [2.45, 2.75) is 59.6 Å². The van der Waals surface area contributed by atoms with Crippen LogP contribution >= 0.6 is 0 Å². The van der Waals surface area contributed by atoms with Crippen molar-refractivity contribution in [3.63, 3.8) is 0 Å². The number of rotatable bonds is 9. The quantitative estimate of drug-likeness (QED) is 0.454. The van der Waals surface area contributed by atoms with Gasteiger partial charge in [0.15, 0.2) is 6.10 Å². The predicted molar refractivity (Wildman–Crippen MR) is 130 cm³/mol. The highest BCUT2D eigenvalue weighted by molar-refractivity contribution is 5.88. The second-order valence-corrected chi connectivity index (χ2v) is 8.69. The first-order valence-corrected chi connectivity index (χ1v) is 11.4. The Bertz CT molecular complexity index is 1250. The maximum absolute atomic E-state index is 12.8. The molecule has 3 rings (SSSR count). The lowest BCUT2D eigenvalue weighted by Crippen LogP contribution is -2.49. The molecule has 0 bridgehead atoms. The van der Waals surface area contributed by atoms with Gasteiger partial charge in [-0.2, -0.15) is 0 Å². The zero-order valence-electron chi connectivity index (χ0n) is 20.2. The summed E-state index contributed by atoms with van der Waals surface area (Å²) in [7, 11) is 0. The maximum atomic E-state index is 12.8. The van der Waals surface area contributed by atoms with Crippen LogP contribution in [-0.2, 0) is 16.0 Å². The zero-order valence-corrected chi connectivity index (χ0v) is 20.2. The molecule has 3 atom stereocenters. The van der Waals surface area contributed by atoms with Crippen LogP contribution in [0.5, 0.6) is 5.75 Å². The number of aryl methyl sites for hydroxylation is 2. The van der Waals surface area contributed by atoms with Gasteiger partial charge in [-0.05, 0) is 49.9 Å². The minimum absolute atomic E-state index is 0.224. The van der Waals surface area contributed by atoms with Gasteiger partial charge in [0.25, 0.3) is 5.91 Å². The van der Waals surface area contributed by atoms with E-state index in [0.29, 0.717) is 35.3 Å². The van der Waals surface area contributed by atoms with Crippen LogP contribution in [0, 0.1) is 19.8 Å². The molecular formula is C27H31NO6. The van der Waals surface area contributed by atoms with E-state index in [1.54, 1.807) is 26.8 Å². The number of hydrogen-bond donors (Lipinski definition) is 2.